The molecule has 0 atom stereocenters. The van der Waals surface area contributed by atoms with Crippen LogP contribution < -0.4 is 15.8 Å². The number of Topliss-reactive ketones (excluding diaryl/α,β-unsaturated/α-hetero) is 2. The number of phenolic OH excluding ortho intramolecular Hbond substituents is 1. The maximum absolute atomic E-state index is 12.7. The number of aliphatic hydroxyl groups is 1. The number of carbonyl (C=O) groups is 5. The quantitative estimate of drug-likeness (QED) is 0.0358. The largest absolute Gasteiger partial charge is 0.512 e. The number of hydrogen-bond acceptors (Lipinski definition) is 12. The number of nitrogens with zero attached hydrogens (tertiary/aromatic N) is 2. The Morgan fingerprint density at radius 2 is 1.60 bits per heavy atom. The van der Waals surface area contributed by atoms with Crippen molar-refractivity contribution in [3.63, 3.8) is 0 Å². The molecule has 2 heterocycles. The number of allylic oxidation sites excluding steroid dienone is 6. The lowest BCUT2D eigenvalue weighted by atomic mass is 10.00. The number of H-pyrrole nitrogens is 1. The second kappa shape index (κ2) is 16.6. The average molecular weight is 715 g/mol. The molecule has 264 valence electrons. The molecule has 0 fully saturated rings. The molecule has 0 aliphatic carbocycles. The van der Waals surface area contributed by atoms with E-state index in [0.717, 1.165) is 6.08 Å². The molecular formula is C38H26N4O11. The molecule has 15 nitrogen and oxygen atoms in total. The smallest absolute Gasteiger partial charge is 0.417 e. The second-order valence-electron chi connectivity index (χ2n) is 10.9. The number of carboxylic acids is 1. The van der Waals surface area contributed by atoms with Gasteiger partial charge in [0.05, 0.1) is 22.3 Å². The first-order valence-electron chi connectivity index (χ1n) is 15.1. The molecule has 53 heavy (non-hydrogen) atoms. The maximum atomic E-state index is 12.7. The Hall–Kier alpha value is -8.04. The van der Waals surface area contributed by atoms with Crippen LogP contribution in [0.4, 0.5) is 5.69 Å². The van der Waals surface area contributed by atoms with E-state index in [2.05, 4.69) is 16.9 Å². The molecule has 1 aliphatic rings. The van der Waals surface area contributed by atoms with Gasteiger partial charge in [0.1, 0.15) is 40.5 Å². The lowest BCUT2D eigenvalue weighted by Gasteiger charge is -2.18. The number of anilines is 1. The van der Waals surface area contributed by atoms with Gasteiger partial charge >= 0.3 is 11.7 Å². The van der Waals surface area contributed by atoms with E-state index in [0.29, 0.717) is 34.4 Å². The number of aromatic hydroxyl groups is 1. The molecule has 0 radical (unpaired) electrons. The number of aliphatic hydroxyl groups excluding tert-OH is 1. The van der Waals surface area contributed by atoms with Gasteiger partial charge in [-0.1, -0.05) is 18.7 Å². The molecule has 3 aromatic carbocycles. The molecule has 5 rings (SSSR count). The molecule has 0 saturated heterocycles. The molecular weight excluding hydrogens is 688 g/mol. The number of fused-ring (bicyclic) bond motifs is 2. The number of carboxylic acid groups (broad SMARTS) is 1. The van der Waals surface area contributed by atoms with Crippen LogP contribution in [-0.4, -0.2) is 56.6 Å². The number of amides is 1. The van der Waals surface area contributed by atoms with Gasteiger partial charge in [0.2, 0.25) is 11.6 Å². The fraction of sp³-hybridized carbons (Fsp3) is 0.0526. The third-order valence-electron chi connectivity index (χ3n) is 7.26. The average Bonchev–Trinajstić information content (AvgIpc) is 3.53. The predicted octanol–water partition coefficient (Wildman–Crippen LogP) is 5.11. The van der Waals surface area contributed by atoms with Crippen LogP contribution in [0.25, 0.3) is 17.2 Å². The lowest BCUT2D eigenvalue weighted by molar-refractivity contribution is -0.132. The van der Waals surface area contributed by atoms with Crippen LogP contribution >= 0.6 is 0 Å². The molecule has 1 aromatic heterocycles. The third kappa shape index (κ3) is 9.15. The highest BCUT2D eigenvalue weighted by Crippen LogP contribution is 2.29. The second-order valence-corrected chi connectivity index (χ2v) is 10.9. The Kier molecular flexibility index (Phi) is 11.8. The topological polar surface area (TPSA) is 261 Å². The monoisotopic (exact) mass is 714 g/mol. The van der Waals surface area contributed by atoms with Gasteiger partial charge in [-0.3, -0.25) is 24.2 Å². The first kappa shape index (κ1) is 37.8. The van der Waals surface area contributed by atoms with Crippen molar-refractivity contribution in [2.75, 3.05) is 11.9 Å². The predicted molar refractivity (Wildman–Crippen MR) is 188 cm³/mol. The Balaban J connectivity index is 0.000000238. The van der Waals surface area contributed by atoms with E-state index >= 15 is 0 Å². The number of oxazole rings is 1. The van der Waals surface area contributed by atoms with Gasteiger partial charge in [-0.05, 0) is 84.8 Å². The summed E-state index contributed by atoms with van der Waals surface area (Å²) < 4.78 is 10.1. The number of nitrogens with one attached hydrogen (secondary N) is 2. The molecule has 0 bridgehead atoms. The minimum atomic E-state index is -1.37. The Labute approximate surface area is 299 Å². The molecule has 0 saturated carbocycles. The van der Waals surface area contributed by atoms with Crippen LogP contribution in [0.15, 0.2) is 117 Å². The summed E-state index contributed by atoms with van der Waals surface area (Å²) in [6.07, 6.45) is 5.31. The van der Waals surface area contributed by atoms with Crippen LogP contribution in [-0.2, 0) is 9.59 Å². The summed E-state index contributed by atoms with van der Waals surface area (Å²) in [6, 6.07) is 16.4. The zero-order valence-corrected chi connectivity index (χ0v) is 27.5. The number of aldehydes is 1. The van der Waals surface area contributed by atoms with Crippen molar-refractivity contribution in [2.24, 2.45) is 0 Å². The zero-order chi connectivity index (χ0) is 38.8. The van der Waals surface area contributed by atoms with Gasteiger partial charge in [0, 0.05) is 11.1 Å². The van der Waals surface area contributed by atoms with Crippen LogP contribution in [0.5, 0.6) is 11.5 Å². The highest BCUT2D eigenvalue weighted by atomic mass is 16.5. The van der Waals surface area contributed by atoms with Gasteiger partial charge in [-0.25, -0.2) is 9.59 Å². The highest BCUT2D eigenvalue weighted by molar-refractivity contribution is 6.15. The van der Waals surface area contributed by atoms with Crippen molar-refractivity contribution < 1.29 is 48.4 Å². The number of phenols is 1. The standard InChI is InChI=1S/C20H16N2O6.C18H10N2O5/c1-3-12(7-15(11(2)23)20(26)27)6-14(9-21)19(25)13-4-5-16-17(8-13)28-10-18(24)22-16;19-8-12(5-10-1-3-15(22)13(6-10)9-21)17(23)11-2-4-16-14(7-11)20-18(24)25-16/h3-8,23H,1,10H2,2H3,(H,22,24)(H,26,27);1-7,9,22H,(H,20,24)/b12-7+,14-6+,15-11-;12-5+. The van der Waals surface area contributed by atoms with Crippen molar-refractivity contribution >= 4 is 52.6 Å². The van der Waals surface area contributed by atoms with Gasteiger partial charge in [0.15, 0.2) is 18.5 Å². The third-order valence-corrected chi connectivity index (χ3v) is 7.26. The first-order valence-corrected chi connectivity index (χ1v) is 15.1. The molecule has 5 N–H and O–H groups in total. The van der Waals surface area contributed by atoms with Crippen LogP contribution in [0, 0.1) is 22.7 Å². The summed E-state index contributed by atoms with van der Waals surface area (Å²) in [7, 11) is 0. The van der Waals surface area contributed by atoms with Crippen molar-refractivity contribution in [1.82, 2.24) is 4.98 Å². The Morgan fingerprint density at radius 3 is 2.25 bits per heavy atom. The maximum Gasteiger partial charge on any atom is 0.417 e. The highest BCUT2D eigenvalue weighted by Gasteiger charge is 2.20. The zero-order valence-electron chi connectivity index (χ0n) is 27.5. The number of benzene rings is 3. The Morgan fingerprint density at radius 1 is 0.925 bits per heavy atom. The number of rotatable bonds is 10. The van der Waals surface area contributed by atoms with Crippen LogP contribution in [0.3, 0.4) is 0 Å². The van der Waals surface area contributed by atoms with Crippen LogP contribution in [0.1, 0.15) is 43.6 Å². The first-order chi connectivity index (χ1) is 25.3. The van der Waals surface area contributed by atoms with Gasteiger partial charge < -0.3 is 29.8 Å². The van der Waals surface area contributed by atoms with E-state index in [1.165, 1.54) is 79.7 Å². The van der Waals surface area contributed by atoms with Gasteiger partial charge in [-0.15, -0.1) is 0 Å². The number of carbonyl (C=O) groups excluding carboxylic acids is 4. The number of ketones is 2. The summed E-state index contributed by atoms with van der Waals surface area (Å²) in [5.41, 5.74) is 1.21. The number of aromatic nitrogens is 1. The summed E-state index contributed by atoms with van der Waals surface area (Å²) >= 11 is 0. The number of aromatic amines is 1. The molecule has 1 aliphatic heterocycles. The minimum absolute atomic E-state index is 0.0517. The van der Waals surface area contributed by atoms with E-state index in [-0.39, 0.29) is 51.7 Å². The van der Waals surface area contributed by atoms with E-state index in [1.54, 1.807) is 6.07 Å². The fourth-order valence-corrected chi connectivity index (χ4v) is 4.65. The van der Waals surface area contributed by atoms with Crippen molar-refractivity contribution in [1.29, 1.82) is 10.5 Å². The molecule has 0 unspecified atom stereocenters. The summed E-state index contributed by atoms with van der Waals surface area (Å²) in [4.78, 5) is 72.1. The summed E-state index contributed by atoms with van der Waals surface area (Å²) in [6.45, 7) is 4.55. The number of ether oxygens (including phenoxy) is 1. The van der Waals surface area contributed by atoms with Crippen molar-refractivity contribution in [3.05, 3.63) is 140 Å². The van der Waals surface area contributed by atoms with E-state index in [4.69, 9.17) is 14.3 Å². The SMILES string of the molecule is C=CC(=C\C(C(=O)O)=C(/C)O)/C=C(\C#N)C(=O)c1ccc2c(c1)OCC(=O)N2.N#C/C(=C\c1ccc(O)c(C=O)c1)C(=O)c1ccc2oc(=O)[nH]c2c1. The van der Waals surface area contributed by atoms with E-state index < -0.39 is 34.6 Å². The van der Waals surface area contributed by atoms with Gasteiger partial charge in [-0.2, -0.15) is 10.5 Å². The van der Waals surface area contributed by atoms with E-state index in [1.807, 2.05) is 6.07 Å². The van der Waals surface area contributed by atoms with E-state index in [9.17, 15) is 49.5 Å². The number of aliphatic carboxylic acids is 1. The lowest BCUT2D eigenvalue weighted by Crippen LogP contribution is -2.25. The minimum Gasteiger partial charge on any atom is -0.512 e. The summed E-state index contributed by atoms with van der Waals surface area (Å²) in [5, 5.41) is 49.3. The van der Waals surface area contributed by atoms with Gasteiger partial charge in [0.25, 0.3) is 5.91 Å². The molecule has 0 spiro atoms. The normalized spacial score (nSPS) is 13.0. The fourth-order valence-electron chi connectivity index (χ4n) is 4.65. The molecule has 15 heteroatoms. The number of nitriles is 2. The Bertz CT molecular complexity index is 2480. The van der Waals surface area contributed by atoms with Crippen molar-refractivity contribution in [2.45, 2.75) is 6.92 Å². The molecule has 4 aromatic rings. The number of hydrogen-bond donors (Lipinski definition) is 5. The summed E-state index contributed by atoms with van der Waals surface area (Å²) in [5.74, 6) is -3.81. The van der Waals surface area contributed by atoms with Crippen LogP contribution in [0.2, 0.25) is 0 Å². The molecule has 1 amide bonds. The van der Waals surface area contributed by atoms with Crippen molar-refractivity contribution in [3.8, 4) is 23.6 Å².